The van der Waals surface area contributed by atoms with E-state index in [0.717, 1.165) is 18.6 Å². The second-order valence-electron chi connectivity index (χ2n) is 7.25. The minimum Gasteiger partial charge on any atom is -0.366 e. The molecule has 1 saturated heterocycles. The number of amides is 1. The van der Waals surface area contributed by atoms with E-state index >= 15 is 0 Å². The Morgan fingerprint density at radius 3 is 2.58 bits per heavy atom. The Labute approximate surface area is 202 Å². The van der Waals surface area contributed by atoms with Gasteiger partial charge in [-0.05, 0) is 30.0 Å². The highest BCUT2D eigenvalue weighted by Gasteiger charge is 2.22. The van der Waals surface area contributed by atoms with Crippen LogP contribution in [0.1, 0.15) is 4.88 Å². The van der Waals surface area contributed by atoms with Gasteiger partial charge < -0.3 is 20.0 Å². The fourth-order valence-electron chi connectivity index (χ4n) is 3.19. The number of hydrogen-bond acceptors (Lipinski definition) is 4. The molecule has 1 aliphatic heterocycles. The van der Waals surface area contributed by atoms with Gasteiger partial charge in [-0.15, -0.1) is 35.3 Å². The molecule has 2 heterocycles. The number of carbonyl (C=O) groups is 1. The maximum Gasteiger partial charge on any atom is 0.243 e. The molecule has 6 nitrogen and oxygen atoms in total. The predicted molar refractivity (Wildman–Crippen MR) is 133 cm³/mol. The molecule has 0 radical (unpaired) electrons. The van der Waals surface area contributed by atoms with Gasteiger partial charge in [0.05, 0.1) is 5.69 Å². The Kier molecular flexibility index (Phi) is 9.94. The molecule has 0 saturated carbocycles. The zero-order valence-electron chi connectivity index (χ0n) is 17.7. The number of hydrogen-bond donors (Lipinski definition) is 1. The van der Waals surface area contributed by atoms with Gasteiger partial charge in [0, 0.05) is 57.8 Å². The summed E-state index contributed by atoms with van der Waals surface area (Å²) in [4.78, 5) is 23.2. The van der Waals surface area contributed by atoms with Gasteiger partial charge in [-0.1, -0.05) is 6.07 Å². The Balaban J connectivity index is 0.00000341. The third-order valence-corrected chi connectivity index (χ3v) is 5.86. The third-order valence-electron chi connectivity index (χ3n) is 4.93. The van der Waals surface area contributed by atoms with Crippen LogP contribution in [0.4, 0.5) is 14.5 Å². The molecule has 0 aliphatic carbocycles. The van der Waals surface area contributed by atoms with E-state index in [4.69, 9.17) is 0 Å². The van der Waals surface area contributed by atoms with Crippen molar-refractivity contribution < 1.29 is 13.6 Å². The fourth-order valence-corrected chi connectivity index (χ4v) is 3.90. The SMILES string of the molecule is CN(C)C(=O)CN=C(NCCc1cccs1)N1CCN(c2cc(F)ccc2F)CC1.I. The molecule has 0 bridgehead atoms. The van der Waals surface area contributed by atoms with Gasteiger partial charge >= 0.3 is 0 Å². The smallest absolute Gasteiger partial charge is 0.243 e. The first kappa shape index (κ1) is 25.3. The van der Waals surface area contributed by atoms with Crippen molar-refractivity contribution >= 4 is 52.9 Å². The number of anilines is 1. The standard InChI is InChI=1S/C21H27F2N5OS.HI/c1-26(2)20(29)15-25-21(24-8-7-17-4-3-13-30-17)28-11-9-27(10-12-28)19-14-16(22)5-6-18(19)23;/h3-6,13-14H,7-12,15H2,1-2H3,(H,24,25);1H. The van der Waals surface area contributed by atoms with Crippen LogP contribution in [-0.2, 0) is 11.2 Å². The van der Waals surface area contributed by atoms with Crippen LogP contribution < -0.4 is 10.2 Å². The van der Waals surface area contributed by atoms with E-state index in [1.54, 1.807) is 25.4 Å². The van der Waals surface area contributed by atoms with Crippen LogP contribution in [0.15, 0.2) is 40.7 Å². The second kappa shape index (κ2) is 12.2. The van der Waals surface area contributed by atoms with Gasteiger partial charge in [0.2, 0.25) is 5.91 Å². The lowest BCUT2D eigenvalue weighted by atomic mass is 10.2. The number of halogens is 3. The molecule has 1 aromatic carbocycles. The molecule has 0 spiro atoms. The van der Waals surface area contributed by atoms with Crippen molar-refractivity contribution in [2.45, 2.75) is 6.42 Å². The van der Waals surface area contributed by atoms with Crippen LogP contribution in [0, 0.1) is 11.6 Å². The van der Waals surface area contributed by atoms with E-state index in [2.05, 4.69) is 21.3 Å². The summed E-state index contributed by atoms with van der Waals surface area (Å²) in [5.74, 6) is -0.285. The van der Waals surface area contributed by atoms with Crippen molar-refractivity contribution in [1.29, 1.82) is 0 Å². The summed E-state index contributed by atoms with van der Waals surface area (Å²) >= 11 is 1.71. The summed E-state index contributed by atoms with van der Waals surface area (Å²) < 4.78 is 27.6. The lowest BCUT2D eigenvalue weighted by Crippen LogP contribution is -2.53. The molecule has 31 heavy (non-hydrogen) atoms. The molecule has 0 atom stereocenters. The van der Waals surface area contributed by atoms with Crippen molar-refractivity contribution in [2.24, 2.45) is 4.99 Å². The van der Waals surface area contributed by atoms with Gasteiger partial charge in [-0.2, -0.15) is 0 Å². The van der Waals surface area contributed by atoms with Crippen molar-refractivity contribution in [3.8, 4) is 0 Å². The number of likely N-dealkylation sites (N-methyl/N-ethyl adjacent to an activating group) is 1. The predicted octanol–water partition coefficient (Wildman–Crippen LogP) is 3.04. The van der Waals surface area contributed by atoms with Gasteiger partial charge in [-0.25, -0.2) is 13.8 Å². The number of rotatable bonds is 6. The highest BCUT2D eigenvalue weighted by molar-refractivity contribution is 14.0. The number of nitrogens with one attached hydrogen (secondary N) is 1. The molecule has 10 heteroatoms. The normalized spacial score (nSPS) is 14.3. The fraction of sp³-hybridized carbons (Fsp3) is 0.429. The molecule has 1 fully saturated rings. The highest BCUT2D eigenvalue weighted by Crippen LogP contribution is 2.22. The van der Waals surface area contributed by atoms with E-state index in [0.29, 0.717) is 38.7 Å². The zero-order chi connectivity index (χ0) is 21.5. The number of carbonyl (C=O) groups excluding carboxylic acids is 1. The van der Waals surface area contributed by atoms with Crippen LogP contribution in [0.25, 0.3) is 0 Å². The molecule has 1 aliphatic rings. The van der Waals surface area contributed by atoms with E-state index in [9.17, 15) is 13.6 Å². The summed E-state index contributed by atoms with van der Waals surface area (Å²) in [7, 11) is 3.40. The van der Waals surface area contributed by atoms with E-state index in [1.165, 1.54) is 15.8 Å². The molecule has 3 rings (SSSR count). The van der Waals surface area contributed by atoms with Crippen LogP contribution in [0.5, 0.6) is 0 Å². The van der Waals surface area contributed by atoms with Gasteiger partial charge in [-0.3, -0.25) is 4.79 Å². The largest absolute Gasteiger partial charge is 0.366 e. The third kappa shape index (κ3) is 7.30. The molecule has 170 valence electrons. The Bertz CT molecular complexity index is 871. The summed E-state index contributed by atoms with van der Waals surface area (Å²) in [6.07, 6.45) is 0.868. The second-order valence-corrected chi connectivity index (χ2v) is 8.29. The lowest BCUT2D eigenvalue weighted by Gasteiger charge is -2.38. The first-order valence-electron chi connectivity index (χ1n) is 9.90. The minimum atomic E-state index is -0.450. The highest BCUT2D eigenvalue weighted by atomic mass is 127. The van der Waals surface area contributed by atoms with Crippen molar-refractivity contribution in [2.75, 3.05) is 58.3 Å². The molecule has 0 unspecified atom stereocenters. The van der Waals surface area contributed by atoms with Crippen LogP contribution in [-0.4, -0.2) is 75.0 Å². The van der Waals surface area contributed by atoms with Crippen molar-refractivity contribution in [1.82, 2.24) is 15.1 Å². The Hall–Kier alpha value is -1.95. The van der Waals surface area contributed by atoms with Gasteiger partial charge in [0.1, 0.15) is 18.2 Å². The average molecular weight is 563 g/mol. The molecular weight excluding hydrogens is 535 g/mol. The van der Waals surface area contributed by atoms with Crippen LogP contribution in [0.3, 0.4) is 0 Å². The van der Waals surface area contributed by atoms with Gasteiger partial charge in [0.25, 0.3) is 0 Å². The lowest BCUT2D eigenvalue weighted by molar-refractivity contribution is -0.127. The maximum absolute atomic E-state index is 14.1. The monoisotopic (exact) mass is 563 g/mol. The Morgan fingerprint density at radius 1 is 1.19 bits per heavy atom. The van der Waals surface area contributed by atoms with E-state index in [1.807, 2.05) is 16.3 Å². The molecular formula is C21H28F2IN5OS. The average Bonchev–Trinajstić information content (AvgIpc) is 3.25. The molecule has 1 aromatic heterocycles. The number of guanidine groups is 1. The van der Waals surface area contributed by atoms with Crippen LogP contribution >= 0.6 is 35.3 Å². The summed E-state index contributed by atoms with van der Waals surface area (Å²) in [5, 5.41) is 5.40. The van der Waals surface area contributed by atoms with E-state index in [-0.39, 0.29) is 42.1 Å². The molecule has 2 aromatic rings. The summed E-state index contributed by atoms with van der Waals surface area (Å²) in [5.41, 5.74) is 0.279. The maximum atomic E-state index is 14.1. The zero-order valence-corrected chi connectivity index (χ0v) is 20.8. The molecule has 1 amide bonds. The number of aliphatic imine (C=N–C) groups is 1. The number of benzene rings is 1. The van der Waals surface area contributed by atoms with E-state index < -0.39 is 11.6 Å². The number of piperazine rings is 1. The summed E-state index contributed by atoms with van der Waals surface area (Å²) in [6.45, 7) is 3.02. The van der Waals surface area contributed by atoms with Crippen molar-refractivity contribution in [3.05, 3.63) is 52.2 Å². The van der Waals surface area contributed by atoms with Gasteiger partial charge in [0.15, 0.2) is 5.96 Å². The quantitative estimate of drug-likeness (QED) is 0.334. The minimum absolute atomic E-state index is 0. The first-order valence-corrected chi connectivity index (χ1v) is 10.8. The summed E-state index contributed by atoms with van der Waals surface area (Å²) in [6, 6.07) is 7.62. The van der Waals surface area contributed by atoms with Crippen LogP contribution in [0.2, 0.25) is 0 Å². The Morgan fingerprint density at radius 2 is 1.94 bits per heavy atom. The number of nitrogens with zero attached hydrogens (tertiary/aromatic N) is 4. The number of thiophene rings is 1. The topological polar surface area (TPSA) is 51.2 Å². The molecule has 1 N–H and O–H groups in total. The first-order chi connectivity index (χ1) is 14.4. The van der Waals surface area contributed by atoms with Crippen molar-refractivity contribution in [3.63, 3.8) is 0 Å².